The van der Waals surface area contributed by atoms with E-state index in [1.807, 2.05) is 13.8 Å². The van der Waals surface area contributed by atoms with Crippen LogP contribution in [-0.2, 0) is 4.79 Å². The number of aliphatic hydroxyl groups is 1. The summed E-state index contributed by atoms with van der Waals surface area (Å²) >= 11 is 0. The van der Waals surface area contributed by atoms with Gasteiger partial charge < -0.3 is 16.2 Å². The highest BCUT2D eigenvalue weighted by Gasteiger charge is 2.34. The molecule has 0 aliphatic rings. The quantitative estimate of drug-likeness (QED) is 0.598. The highest BCUT2D eigenvalue weighted by atomic mass is 16.3. The molecule has 1 amide bonds. The van der Waals surface area contributed by atoms with Gasteiger partial charge in [-0.2, -0.15) is 0 Å². The second-order valence-electron chi connectivity index (χ2n) is 4.87. The van der Waals surface area contributed by atoms with Gasteiger partial charge in [-0.1, -0.05) is 6.92 Å². The van der Waals surface area contributed by atoms with Gasteiger partial charge in [-0.25, -0.2) is 0 Å². The number of hydrogen-bond acceptors (Lipinski definition) is 3. The lowest BCUT2D eigenvalue weighted by Gasteiger charge is -2.38. The predicted molar refractivity (Wildman–Crippen MR) is 56.7 cm³/mol. The molecule has 0 aromatic carbocycles. The zero-order valence-corrected chi connectivity index (χ0v) is 9.72. The van der Waals surface area contributed by atoms with Crippen molar-refractivity contribution in [3.63, 3.8) is 0 Å². The molecular formula is C10H22N2O2. The Labute approximate surface area is 85.9 Å². The lowest BCUT2D eigenvalue weighted by Crippen LogP contribution is -2.57. The molecule has 0 heterocycles. The molecule has 0 saturated carbocycles. The van der Waals surface area contributed by atoms with Crippen molar-refractivity contribution in [2.24, 2.45) is 11.7 Å². The van der Waals surface area contributed by atoms with E-state index in [2.05, 4.69) is 5.32 Å². The molecule has 4 N–H and O–H groups in total. The number of hydrogen-bond donors (Lipinski definition) is 3. The van der Waals surface area contributed by atoms with Crippen LogP contribution in [0.3, 0.4) is 0 Å². The van der Waals surface area contributed by atoms with E-state index in [1.165, 1.54) is 0 Å². The van der Waals surface area contributed by atoms with E-state index in [1.54, 1.807) is 20.8 Å². The Morgan fingerprint density at radius 2 is 1.86 bits per heavy atom. The fraction of sp³-hybridized carbons (Fsp3) is 0.900. The molecular weight excluding hydrogens is 180 g/mol. The van der Waals surface area contributed by atoms with Gasteiger partial charge in [-0.3, -0.25) is 4.79 Å². The molecule has 4 nitrogen and oxygen atoms in total. The van der Waals surface area contributed by atoms with Crippen LogP contribution in [0.2, 0.25) is 0 Å². The zero-order valence-electron chi connectivity index (χ0n) is 9.72. The SMILES string of the molecule is CC(CNC(C)(C)C(C)(C)O)C(N)=O. The molecule has 0 aliphatic heterocycles. The average molecular weight is 202 g/mol. The first-order valence-corrected chi connectivity index (χ1v) is 4.84. The number of carbonyl (C=O) groups is 1. The number of nitrogens with two attached hydrogens (primary N) is 1. The van der Waals surface area contributed by atoms with E-state index in [-0.39, 0.29) is 11.8 Å². The Morgan fingerprint density at radius 3 is 2.14 bits per heavy atom. The summed E-state index contributed by atoms with van der Waals surface area (Å²) in [6.45, 7) is 9.48. The maximum absolute atomic E-state index is 10.8. The summed E-state index contributed by atoms with van der Waals surface area (Å²) in [5.74, 6) is -0.555. The fourth-order valence-corrected chi connectivity index (χ4v) is 0.725. The van der Waals surface area contributed by atoms with E-state index in [4.69, 9.17) is 5.73 Å². The minimum absolute atomic E-state index is 0.225. The van der Waals surface area contributed by atoms with E-state index in [0.29, 0.717) is 6.54 Å². The van der Waals surface area contributed by atoms with E-state index < -0.39 is 11.1 Å². The topological polar surface area (TPSA) is 75.3 Å². The highest BCUT2D eigenvalue weighted by molar-refractivity contribution is 5.76. The Hall–Kier alpha value is -0.610. The van der Waals surface area contributed by atoms with Gasteiger partial charge in [0.15, 0.2) is 0 Å². The molecule has 1 unspecified atom stereocenters. The standard InChI is InChI=1S/C10H22N2O2/c1-7(8(11)13)6-12-9(2,3)10(4,5)14/h7,12,14H,6H2,1-5H3,(H2,11,13). The molecule has 4 heteroatoms. The second-order valence-corrected chi connectivity index (χ2v) is 4.87. The third kappa shape index (κ3) is 3.64. The van der Waals surface area contributed by atoms with E-state index in [9.17, 15) is 9.90 Å². The summed E-state index contributed by atoms with van der Waals surface area (Å²) in [5, 5.41) is 12.9. The van der Waals surface area contributed by atoms with Crippen molar-refractivity contribution in [1.29, 1.82) is 0 Å². The van der Waals surface area contributed by atoms with Crippen LogP contribution in [0.15, 0.2) is 0 Å². The van der Waals surface area contributed by atoms with Crippen molar-refractivity contribution in [3.8, 4) is 0 Å². The number of amides is 1. The van der Waals surface area contributed by atoms with Crippen LogP contribution in [0.5, 0.6) is 0 Å². The summed E-state index contributed by atoms with van der Waals surface area (Å²) in [4.78, 5) is 10.8. The number of rotatable bonds is 5. The van der Waals surface area contributed by atoms with Crippen LogP contribution < -0.4 is 11.1 Å². The van der Waals surface area contributed by atoms with Gasteiger partial charge in [-0.15, -0.1) is 0 Å². The molecule has 14 heavy (non-hydrogen) atoms. The molecule has 0 rings (SSSR count). The second kappa shape index (κ2) is 4.28. The van der Waals surface area contributed by atoms with Crippen molar-refractivity contribution in [2.75, 3.05) is 6.54 Å². The van der Waals surface area contributed by atoms with E-state index >= 15 is 0 Å². The van der Waals surface area contributed by atoms with Gasteiger partial charge in [-0.05, 0) is 27.7 Å². The Bertz CT molecular complexity index is 207. The number of nitrogens with one attached hydrogen (secondary N) is 1. The molecule has 0 aromatic rings. The third-order valence-electron chi connectivity index (χ3n) is 2.87. The smallest absolute Gasteiger partial charge is 0.221 e. The lowest BCUT2D eigenvalue weighted by atomic mass is 9.85. The third-order valence-corrected chi connectivity index (χ3v) is 2.87. The number of primary amides is 1. The molecule has 0 aliphatic carbocycles. The van der Waals surface area contributed by atoms with Crippen LogP contribution in [0.25, 0.3) is 0 Å². The van der Waals surface area contributed by atoms with Crippen LogP contribution in [0.1, 0.15) is 34.6 Å². The molecule has 0 radical (unpaired) electrons. The Kier molecular flexibility index (Phi) is 4.09. The van der Waals surface area contributed by atoms with Gasteiger partial charge in [0, 0.05) is 18.0 Å². The first-order valence-electron chi connectivity index (χ1n) is 4.84. The first kappa shape index (κ1) is 13.4. The monoisotopic (exact) mass is 202 g/mol. The molecule has 1 atom stereocenters. The van der Waals surface area contributed by atoms with Gasteiger partial charge in [0.25, 0.3) is 0 Å². The summed E-state index contributed by atoms with van der Waals surface area (Å²) < 4.78 is 0. The molecule has 0 saturated heterocycles. The van der Waals surface area contributed by atoms with E-state index in [0.717, 1.165) is 0 Å². The summed E-state index contributed by atoms with van der Waals surface area (Å²) in [5.41, 5.74) is 3.84. The minimum atomic E-state index is -0.843. The van der Waals surface area contributed by atoms with Crippen LogP contribution in [0.4, 0.5) is 0 Å². The van der Waals surface area contributed by atoms with Crippen molar-refractivity contribution in [3.05, 3.63) is 0 Å². The molecule has 0 spiro atoms. The maximum Gasteiger partial charge on any atom is 0.221 e. The van der Waals surface area contributed by atoms with Gasteiger partial charge in [0.05, 0.1) is 5.60 Å². The minimum Gasteiger partial charge on any atom is -0.389 e. The lowest BCUT2D eigenvalue weighted by molar-refractivity contribution is -0.121. The highest BCUT2D eigenvalue weighted by Crippen LogP contribution is 2.20. The maximum atomic E-state index is 10.8. The first-order chi connectivity index (χ1) is 6.08. The summed E-state index contributed by atoms with van der Waals surface area (Å²) in [7, 11) is 0. The predicted octanol–water partition coefficient (Wildman–Crippen LogP) is 0.247. The Balaban J connectivity index is 4.20. The van der Waals surface area contributed by atoms with Gasteiger partial charge >= 0.3 is 0 Å². The Morgan fingerprint density at radius 1 is 1.43 bits per heavy atom. The molecule has 84 valence electrons. The average Bonchev–Trinajstić information content (AvgIpc) is 1.97. The number of carbonyl (C=O) groups excluding carboxylic acids is 1. The van der Waals surface area contributed by atoms with Gasteiger partial charge in [0.1, 0.15) is 0 Å². The summed E-state index contributed by atoms with van der Waals surface area (Å²) in [6.07, 6.45) is 0. The zero-order chi connectivity index (χ0) is 11.6. The molecule has 0 bridgehead atoms. The fourth-order valence-electron chi connectivity index (χ4n) is 0.725. The summed E-state index contributed by atoms with van der Waals surface area (Å²) in [6, 6.07) is 0. The van der Waals surface area contributed by atoms with Crippen LogP contribution in [0, 0.1) is 5.92 Å². The molecule has 0 fully saturated rings. The van der Waals surface area contributed by atoms with Crippen molar-refractivity contribution < 1.29 is 9.90 Å². The normalized spacial score (nSPS) is 15.3. The van der Waals surface area contributed by atoms with Crippen molar-refractivity contribution in [2.45, 2.75) is 45.8 Å². The van der Waals surface area contributed by atoms with Crippen molar-refractivity contribution >= 4 is 5.91 Å². The molecule has 0 aromatic heterocycles. The largest absolute Gasteiger partial charge is 0.389 e. The van der Waals surface area contributed by atoms with Crippen molar-refractivity contribution in [1.82, 2.24) is 5.32 Å². The van der Waals surface area contributed by atoms with Crippen LogP contribution in [-0.4, -0.2) is 28.7 Å². The van der Waals surface area contributed by atoms with Gasteiger partial charge in [0.2, 0.25) is 5.91 Å². The van der Waals surface area contributed by atoms with Crippen LogP contribution >= 0.6 is 0 Å².